The number of aliphatic hydroxyl groups is 1. The van der Waals surface area contributed by atoms with Crippen LogP contribution in [0, 0.1) is 5.92 Å². The van der Waals surface area contributed by atoms with Gasteiger partial charge in [-0.2, -0.15) is 0 Å². The molecule has 3 N–H and O–H groups in total. The van der Waals surface area contributed by atoms with Crippen molar-refractivity contribution in [3.8, 4) is 0 Å². The molecule has 0 radical (unpaired) electrons. The number of aliphatic hydroxyl groups excluding tert-OH is 1. The molecule has 0 aromatic rings. The van der Waals surface area contributed by atoms with Crippen LogP contribution in [0.4, 0.5) is 4.79 Å². The van der Waals surface area contributed by atoms with Gasteiger partial charge in [-0.1, -0.05) is 0 Å². The first-order chi connectivity index (χ1) is 7.59. The van der Waals surface area contributed by atoms with Gasteiger partial charge in [0.05, 0.1) is 6.10 Å². The highest BCUT2D eigenvalue weighted by Crippen LogP contribution is 2.29. The molecular formula is C10H16N2O4. The average molecular weight is 228 g/mol. The van der Waals surface area contributed by atoms with Crippen LogP contribution in [0.2, 0.25) is 0 Å². The number of rotatable bonds is 2. The second-order valence-electron chi connectivity index (χ2n) is 4.41. The summed E-state index contributed by atoms with van der Waals surface area (Å²) in [6.45, 7) is 0.363. The van der Waals surface area contributed by atoms with E-state index in [0.717, 1.165) is 17.7 Å². The Balaban J connectivity index is 2.00. The second-order valence-corrected chi connectivity index (χ2v) is 4.41. The van der Waals surface area contributed by atoms with Crippen molar-refractivity contribution < 1.29 is 19.8 Å². The SMILES string of the molecule is O=C(NC1C(O)CCCN1C(=O)O)C1CC1. The molecule has 90 valence electrons. The molecule has 16 heavy (non-hydrogen) atoms. The lowest BCUT2D eigenvalue weighted by Crippen LogP contribution is -2.59. The van der Waals surface area contributed by atoms with Gasteiger partial charge in [0, 0.05) is 12.5 Å². The molecule has 2 aliphatic rings. The number of nitrogens with zero attached hydrogens (tertiary/aromatic N) is 1. The maximum absolute atomic E-state index is 11.5. The van der Waals surface area contributed by atoms with Crippen molar-refractivity contribution in [1.29, 1.82) is 0 Å². The number of carbonyl (C=O) groups is 2. The molecular weight excluding hydrogens is 212 g/mol. The van der Waals surface area contributed by atoms with Gasteiger partial charge in [-0.15, -0.1) is 0 Å². The predicted octanol–water partition coefficient (Wildman–Crippen LogP) is -0.0266. The Kier molecular flexibility index (Phi) is 3.00. The van der Waals surface area contributed by atoms with Gasteiger partial charge in [0.2, 0.25) is 5.91 Å². The summed E-state index contributed by atoms with van der Waals surface area (Å²) in [5, 5.41) is 21.3. The lowest BCUT2D eigenvalue weighted by atomic mass is 10.0. The van der Waals surface area contributed by atoms with Crippen molar-refractivity contribution in [2.24, 2.45) is 5.92 Å². The molecule has 1 saturated carbocycles. The van der Waals surface area contributed by atoms with E-state index in [-0.39, 0.29) is 11.8 Å². The van der Waals surface area contributed by atoms with Gasteiger partial charge in [-0.3, -0.25) is 9.69 Å². The topological polar surface area (TPSA) is 89.9 Å². The molecule has 2 unspecified atom stereocenters. The van der Waals surface area contributed by atoms with Crippen LogP contribution in [0.3, 0.4) is 0 Å². The van der Waals surface area contributed by atoms with Crippen LogP contribution in [0.1, 0.15) is 25.7 Å². The molecule has 6 heteroatoms. The summed E-state index contributed by atoms with van der Waals surface area (Å²) in [6, 6.07) is 0. The second kappa shape index (κ2) is 4.29. The Labute approximate surface area is 93.2 Å². The van der Waals surface area contributed by atoms with Crippen LogP contribution in [0.15, 0.2) is 0 Å². The lowest BCUT2D eigenvalue weighted by molar-refractivity contribution is -0.126. The zero-order valence-corrected chi connectivity index (χ0v) is 8.93. The van der Waals surface area contributed by atoms with Crippen LogP contribution in [0.25, 0.3) is 0 Å². The van der Waals surface area contributed by atoms with Gasteiger partial charge >= 0.3 is 6.09 Å². The van der Waals surface area contributed by atoms with E-state index in [1.165, 1.54) is 0 Å². The number of piperidine rings is 1. The monoisotopic (exact) mass is 228 g/mol. The van der Waals surface area contributed by atoms with Gasteiger partial charge in [-0.25, -0.2) is 4.79 Å². The summed E-state index contributed by atoms with van der Waals surface area (Å²) in [6.07, 6.45) is 0.207. The molecule has 2 atom stereocenters. The number of carboxylic acid groups (broad SMARTS) is 1. The molecule has 0 aromatic heterocycles. The summed E-state index contributed by atoms with van der Waals surface area (Å²) in [5.41, 5.74) is 0. The standard InChI is InChI=1S/C10H16N2O4/c13-7-2-1-5-12(10(15)16)8(7)11-9(14)6-3-4-6/h6-8,13H,1-5H2,(H,11,14)(H,15,16). The maximum atomic E-state index is 11.5. The molecule has 0 bridgehead atoms. The van der Waals surface area contributed by atoms with Crippen LogP contribution in [-0.4, -0.2) is 45.9 Å². The normalized spacial score (nSPS) is 29.9. The molecule has 1 saturated heterocycles. The summed E-state index contributed by atoms with van der Waals surface area (Å²) in [4.78, 5) is 23.6. The van der Waals surface area contributed by atoms with Crippen LogP contribution >= 0.6 is 0 Å². The third-order valence-electron chi connectivity index (χ3n) is 3.08. The summed E-state index contributed by atoms with van der Waals surface area (Å²) < 4.78 is 0. The van der Waals surface area contributed by atoms with E-state index in [4.69, 9.17) is 5.11 Å². The van der Waals surface area contributed by atoms with E-state index in [9.17, 15) is 14.7 Å². The minimum Gasteiger partial charge on any atom is -0.465 e. The molecule has 2 fully saturated rings. The Morgan fingerprint density at radius 3 is 2.50 bits per heavy atom. The first kappa shape index (κ1) is 11.2. The van der Waals surface area contributed by atoms with Gasteiger partial charge in [-0.05, 0) is 25.7 Å². The highest BCUT2D eigenvalue weighted by Gasteiger charge is 2.38. The average Bonchev–Trinajstić information content (AvgIpc) is 3.03. The van der Waals surface area contributed by atoms with E-state index in [1.807, 2.05) is 0 Å². The molecule has 1 heterocycles. The smallest absolute Gasteiger partial charge is 0.409 e. The van der Waals surface area contributed by atoms with Crippen molar-refractivity contribution in [2.45, 2.75) is 38.0 Å². The van der Waals surface area contributed by atoms with Crippen LogP contribution in [-0.2, 0) is 4.79 Å². The predicted molar refractivity (Wildman–Crippen MR) is 54.6 cm³/mol. The fraction of sp³-hybridized carbons (Fsp3) is 0.800. The van der Waals surface area contributed by atoms with Crippen molar-refractivity contribution in [3.63, 3.8) is 0 Å². The lowest BCUT2D eigenvalue weighted by Gasteiger charge is -2.37. The zero-order chi connectivity index (χ0) is 11.7. The quantitative estimate of drug-likeness (QED) is 0.619. The molecule has 6 nitrogen and oxygen atoms in total. The number of likely N-dealkylation sites (tertiary alicyclic amines) is 1. The molecule has 2 amide bonds. The number of hydrogen-bond acceptors (Lipinski definition) is 3. The number of hydrogen-bond donors (Lipinski definition) is 3. The molecule has 1 aliphatic heterocycles. The van der Waals surface area contributed by atoms with E-state index >= 15 is 0 Å². The fourth-order valence-corrected chi connectivity index (χ4v) is 1.97. The van der Waals surface area contributed by atoms with E-state index in [0.29, 0.717) is 19.4 Å². The molecule has 0 aromatic carbocycles. The van der Waals surface area contributed by atoms with Crippen LogP contribution < -0.4 is 5.32 Å². The summed E-state index contributed by atoms with van der Waals surface area (Å²) in [5.74, 6) is -0.123. The molecule has 0 spiro atoms. The van der Waals surface area contributed by atoms with Gasteiger partial charge < -0.3 is 15.5 Å². The number of carbonyl (C=O) groups excluding carboxylic acids is 1. The van der Waals surface area contributed by atoms with E-state index < -0.39 is 18.4 Å². The van der Waals surface area contributed by atoms with Gasteiger partial charge in [0.15, 0.2) is 0 Å². The fourth-order valence-electron chi connectivity index (χ4n) is 1.97. The minimum absolute atomic E-state index is 0.0183. The van der Waals surface area contributed by atoms with Crippen molar-refractivity contribution >= 4 is 12.0 Å². The van der Waals surface area contributed by atoms with Crippen molar-refractivity contribution in [2.75, 3.05) is 6.54 Å². The van der Waals surface area contributed by atoms with Gasteiger partial charge in [0.1, 0.15) is 6.17 Å². The molecule has 2 rings (SSSR count). The number of nitrogens with one attached hydrogen (secondary N) is 1. The first-order valence-corrected chi connectivity index (χ1v) is 5.57. The van der Waals surface area contributed by atoms with E-state index in [2.05, 4.69) is 5.32 Å². The highest BCUT2D eigenvalue weighted by molar-refractivity contribution is 5.81. The summed E-state index contributed by atoms with van der Waals surface area (Å²) in [7, 11) is 0. The largest absolute Gasteiger partial charge is 0.465 e. The first-order valence-electron chi connectivity index (χ1n) is 5.57. The van der Waals surface area contributed by atoms with Crippen molar-refractivity contribution in [3.05, 3.63) is 0 Å². The third-order valence-corrected chi connectivity index (χ3v) is 3.08. The Bertz CT molecular complexity index is 303. The van der Waals surface area contributed by atoms with Crippen LogP contribution in [0.5, 0.6) is 0 Å². The Hall–Kier alpha value is -1.30. The molecule has 1 aliphatic carbocycles. The highest BCUT2D eigenvalue weighted by atomic mass is 16.4. The third kappa shape index (κ3) is 2.27. The van der Waals surface area contributed by atoms with Gasteiger partial charge in [0.25, 0.3) is 0 Å². The minimum atomic E-state index is -1.10. The van der Waals surface area contributed by atoms with Crippen molar-refractivity contribution in [1.82, 2.24) is 10.2 Å². The summed E-state index contributed by atoms with van der Waals surface area (Å²) >= 11 is 0. The number of amides is 2. The maximum Gasteiger partial charge on any atom is 0.409 e. The zero-order valence-electron chi connectivity index (χ0n) is 8.93. The Morgan fingerprint density at radius 2 is 1.94 bits per heavy atom. The Morgan fingerprint density at radius 1 is 1.25 bits per heavy atom. The van der Waals surface area contributed by atoms with E-state index in [1.54, 1.807) is 0 Å².